The summed E-state index contributed by atoms with van der Waals surface area (Å²) >= 11 is 6.12. The normalized spacial score (nSPS) is 18.7. The third-order valence-electron chi connectivity index (χ3n) is 3.43. The van der Waals surface area contributed by atoms with E-state index < -0.39 is 4.92 Å². The molecule has 0 aromatic heterocycles. The second-order valence-electron chi connectivity index (χ2n) is 4.62. The van der Waals surface area contributed by atoms with Gasteiger partial charge in [0, 0.05) is 18.7 Å². The number of esters is 1. The number of anilines is 1. The van der Waals surface area contributed by atoms with E-state index in [1.54, 1.807) is 6.07 Å². The molecule has 0 radical (unpaired) electrons. The smallest absolute Gasteiger partial charge is 0.328 e. The fourth-order valence-electron chi connectivity index (χ4n) is 2.44. The van der Waals surface area contributed by atoms with Gasteiger partial charge in [-0.15, -0.1) is 0 Å². The number of piperidine rings is 1. The van der Waals surface area contributed by atoms with Gasteiger partial charge in [-0.3, -0.25) is 10.1 Å². The average molecular weight is 299 g/mol. The average Bonchev–Trinajstić information content (AvgIpc) is 2.46. The van der Waals surface area contributed by atoms with Gasteiger partial charge < -0.3 is 9.64 Å². The Morgan fingerprint density at radius 3 is 2.85 bits per heavy atom. The van der Waals surface area contributed by atoms with Crippen molar-refractivity contribution in [2.75, 3.05) is 18.6 Å². The van der Waals surface area contributed by atoms with Gasteiger partial charge in [0.05, 0.1) is 22.7 Å². The van der Waals surface area contributed by atoms with E-state index in [1.165, 1.54) is 19.2 Å². The molecule has 1 saturated heterocycles. The van der Waals surface area contributed by atoms with Gasteiger partial charge in [-0.25, -0.2) is 4.79 Å². The zero-order valence-corrected chi connectivity index (χ0v) is 11.8. The third-order valence-corrected chi connectivity index (χ3v) is 3.73. The SMILES string of the molecule is COC(=O)C1CCCCN1c1ccc([N+](=O)[O-])cc1Cl. The number of hydrogen-bond acceptors (Lipinski definition) is 5. The predicted octanol–water partition coefficient (Wildman–Crippen LogP) is 2.78. The number of carbonyl (C=O) groups excluding carboxylic acids is 1. The monoisotopic (exact) mass is 298 g/mol. The summed E-state index contributed by atoms with van der Waals surface area (Å²) < 4.78 is 4.81. The third kappa shape index (κ3) is 2.85. The van der Waals surface area contributed by atoms with Gasteiger partial charge in [0.25, 0.3) is 5.69 Å². The molecule has 2 rings (SSSR count). The van der Waals surface area contributed by atoms with Gasteiger partial charge >= 0.3 is 5.97 Å². The van der Waals surface area contributed by atoms with Crippen LogP contribution in [-0.4, -0.2) is 30.6 Å². The predicted molar refractivity (Wildman–Crippen MR) is 75.1 cm³/mol. The molecule has 0 spiro atoms. The molecule has 0 N–H and O–H groups in total. The Morgan fingerprint density at radius 2 is 2.25 bits per heavy atom. The van der Waals surface area contributed by atoms with Crippen LogP contribution in [0, 0.1) is 10.1 Å². The Bertz CT molecular complexity index is 535. The number of ether oxygens (including phenoxy) is 1. The van der Waals surface area contributed by atoms with Crippen molar-refractivity contribution in [1.82, 2.24) is 0 Å². The van der Waals surface area contributed by atoms with Crippen LogP contribution in [0.4, 0.5) is 11.4 Å². The molecule has 1 heterocycles. The molecule has 1 unspecified atom stereocenters. The molecule has 0 amide bonds. The lowest BCUT2D eigenvalue weighted by molar-refractivity contribution is -0.384. The van der Waals surface area contributed by atoms with Crippen LogP contribution in [0.15, 0.2) is 18.2 Å². The van der Waals surface area contributed by atoms with Gasteiger partial charge in [-0.05, 0) is 25.3 Å². The molecule has 1 aliphatic heterocycles. The summed E-state index contributed by atoms with van der Waals surface area (Å²) in [6, 6.07) is 3.90. The van der Waals surface area contributed by atoms with Crippen LogP contribution in [0.5, 0.6) is 0 Å². The van der Waals surface area contributed by atoms with Crippen molar-refractivity contribution in [3.63, 3.8) is 0 Å². The van der Waals surface area contributed by atoms with E-state index in [-0.39, 0.29) is 22.7 Å². The summed E-state index contributed by atoms with van der Waals surface area (Å²) in [6.07, 6.45) is 2.58. The maximum Gasteiger partial charge on any atom is 0.328 e. The van der Waals surface area contributed by atoms with Crippen LogP contribution in [0.25, 0.3) is 0 Å². The van der Waals surface area contributed by atoms with Gasteiger partial charge in [0.2, 0.25) is 0 Å². The zero-order valence-electron chi connectivity index (χ0n) is 11.0. The van der Waals surface area contributed by atoms with E-state index in [0.29, 0.717) is 18.7 Å². The number of methoxy groups -OCH3 is 1. The number of halogens is 1. The van der Waals surface area contributed by atoms with Crippen LogP contribution in [0.2, 0.25) is 5.02 Å². The molecule has 108 valence electrons. The number of hydrogen-bond donors (Lipinski definition) is 0. The number of carbonyl (C=O) groups is 1. The number of rotatable bonds is 3. The molecule has 1 atom stereocenters. The summed E-state index contributed by atoms with van der Waals surface area (Å²) in [5, 5.41) is 11.0. The van der Waals surface area contributed by atoms with Gasteiger partial charge in [-0.1, -0.05) is 11.6 Å². The highest BCUT2D eigenvalue weighted by molar-refractivity contribution is 6.33. The summed E-state index contributed by atoms with van der Waals surface area (Å²) in [6.45, 7) is 0.678. The number of nitrogens with zero attached hydrogens (tertiary/aromatic N) is 2. The summed E-state index contributed by atoms with van der Waals surface area (Å²) in [7, 11) is 1.35. The highest BCUT2D eigenvalue weighted by Crippen LogP contribution is 2.34. The molecule has 6 nitrogen and oxygen atoms in total. The van der Waals surface area contributed by atoms with Crippen molar-refractivity contribution in [2.45, 2.75) is 25.3 Å². The second-order valence-corrected chi connectivity index (χ2v) is 5.03. The molecular formula is C13H15ClN2O4. The number of nitro benzene ring substituents is 1. The number of benzene rings is 1. The van der Waals surface area contributed by atoms with Crippen LogP contribution in [-0.2, 0) is 9.53 Å². The van der Waals surface area contributed by atoms with Crippen molar-refractivity contribution in [1.29, 1.82) is 0 Å². The molecule has 0 aliphatic carbocycles. The largest absolute Gasteiger partial charge is 0.467 e. The Morgan fingerprint density at radius 1 is 1.50 bits per heavy atom. The lowest BCUT2D eigenvalue weighted by Gasteiger charge is -2.36. The van der Waals surface area contributed by atoms with Crippen LogP contribution >= 0.6 is 11.6 Å². The topological polar surface area (TPSA) is 72.7 Å². The number of non-ortho nitro benzene ring substituents is 1. The van der Waals surface area contributed by atoms with Crippen molar-refractivity contribution in [3.05, 3.63) is 33.3 Å². The standard InChI is InChI=1S/C13H15ClN2O4/c1-20-13(17)12-4-2-3-7-15(12)11-6-5-9(16(18)19)8-10(11)14/h5-6,8,12H,2-4,7H2,1H3. The number of nitro groups is 1. The van der Waals surface area contributed by atoms with E-state index in [2.05, 4.69) is 0 Å². The fourth-order valence-corrected chi connectivity index (χ4v) is 2.73. The minimum atomic E-state index is -0.496. The molecular weight excluding hydrogens is 284 g/mol. The first kappa shape index (κ1) is 14.6. The minimum Gasteiger partial charge on any atom is -0.467 e. The first-order chi connectivity index (χ1) is 9.54. The molecule has 1 aliphatic rings. The lowest BCUT2D eigenvalue weighted by Crippen LogP contribution is -2.45. The summed E-state index contributed by atoms with van der Waals surface area (Å²) in [5.74, 6) is -0.306. The van der Waals surface area contributed by atoms with E-state index in [4.69, 9.17) is 16.3 Å². The van der Waals surface area contributed by atoms with Crippen LogP contribution in [0.3, 0.4) is 0 Å². The molecule has 1 fully saturated rings. The van der Waals surface area contributed by atoms with Crippen molar-refractivity contribution >= 4 is 28.9 Å². The van der Waals surface area contributed by atoms with E-state index in [9.17, 15) is 14.9 Å². The first-order valence-corrected chi connectivity index (χ1v) is 6.71. The van der Waals surface area contributed by atoms with E-state index >= 15 is 0 Å². The Labute approximate surface area is 121 Å². The second kappa shape index (κ2) is 6.09. The van der Waals surface area contributed by atoms with Crippen LogP contribution < -0.4 is 4.90 Å². The van der Waals surface area contributed by atoms with Gasteiger partial charge in [0.15, 0.2) is 0 Å². The molecule has 20 heavy (non-hydrogen) atoms. The molecule has 0 saturated carbocycles. The molecule has 7 heteroatoms. The van der Waals surface area contributed by atoms with E-state index in [0.717, 1.165) is 12.8 Å². The van der Waals surface area contributed by atoms with Gasteiger partial charge in [0.1, 0.15) is 6.04 Å². The minimum absolute atomic E-state index is 0.0645. The van der Waals surface area contributed by atoms with Crippen LogP contribution in [0.1, 0.15) is 19.3 Å². The Hall–Kier alpha value is -1.82. The maximum atomic E-state index is 11.8. The van der Waals surface area contributed by atoms with Crippen molar-refractivity contribution < 1.29 is 14.5 Å². The summed E-state index contributed by atoms with van der Waals surface area (Å²) in [5.41, 5.74) is 0.567. The van der Waals surface area contributed by atoms with Gasteiger partial charge in [-0.2, -0.15) is 0 Å². The highest BCUT2D eigenvalue weighted by Gasteiger charge is 2.31. The highest BCUT2D eigenvalue weighted by atomic mass is 35.5. The fraction of sp³-hybridized carbons (Fsp3) is 0.462. The molecule has 1 aromatic carbocycles. The Kier molecular flexibility index (Phi) is 4.44. The Balaban J connectivity index is 2.32. The first-order valence-electron chi connectivity index (χ1n) is 6.33. The summed E-state index contributed by atoms with van der Waals surface area (Å²) in [4.78, 5) is 23.9. The quantitative estimate of drug-likeness (QED) is 0.487. The molecule has 0 bridgehead atoms. The van der Waals surface area contributed by atoms with Crippen molar-refractivity contribution in [2.24, 2.45) is 0 Å². The van der Waals surface area contributed by atoms with E-state index in [1.807, 2.05) is 4.90 Å². The lowest BCUT2D eigenvalue weighted by atomic mass is 10.0. The van der Waals surface area contributed by atoms with Crippen molar-refractivity contribution in [3.8, 4) is 0 Å². The zero-order chi connectivity index (χ0) is 14.7. The maximum absolute atomic E-state index is 11.8. The molecule has 1 aromatic rings.